The molecule has 0 radical (unpaired) electrons. The van der Waals surface area contributed by atoms with E-state index in [1.165, 1.54) is 12.8 Å². The molecule has 2 fully saturated rings. The van der Waals surface area contributed by atoms with Gasteiger partial charge in [-0.25, -0.2) is 15.0 Å². The molecule has 7 heteroatoms. The van der Waals surface area contributed by atoms with Crippen LogP contribution in [0.3, 0.4) is 0 Å². The van der Waals surface area contributed by atoms with Crippen LogP contribution in [0.4, 0.5) is 5.82 Å². The van der Waals surface area contributed by atoms with E-state index in [2.05, 4.69) is 26.3 Å². The molecule has 7 nitrogen and oxygen atoms in total. The molecule has 4 heterocycles. The smallest absolute Gasteiger partial charge is 0.192 e. The van der Waals surface area contributed by atoms with E-state index in [1.807, 2.05) is 18.3 Å². The Hall–Kier alpha value is -3.19. The van der Waals surface area contributed by atoms with E-state index in [-0.39, 0.29) is 5.75 Å². The summed E-state index contributed by atoms with van der Waals surface area (Å²) in [6.07, 6.45) is 5.62. The number of hydrogen-bond acceptors (Lipinski definition) is 7. The number of nitrogens with one attached hydrogen (secondary N) is 1. The van der Waals surface area contributed by atoms with Gasteiger partial charge in [-0.05, 0) is 37.5 Å². The minimum absolute atomic E-state index is 0.138. The quantitative estimate of drug-likeness (QED) is 0.538. The third-order valence-electron chi connectivity index (χ3n) is 6.01. The van der Waals surface area contributed by atoms with Crippen molar-refractivity contribution in [3.63, 3.8) is 0 Å². The predicted octanol–water partition coefficient (Wildman–Crippen LogP) is 3.78. The van der Waals surface area contributed by atoms with Gasteiger partial charge >= 0.3 is 0 Å². The Bertz CT molecular complexity index is 1260. The van der Waals surface area contributed by atoms with Gasteiger partial charge in [0, 0.05) is 49.1 Å². The first kappa shape index (κ1) is 17.7. The highest BCUT2D eigenvalue weighted by Crippen LogP contribution is 2.34. The first-order valence-corrected chi connectivity index (χ1v) is 10.5. The van der Waals surface area contributed by atoms with Gasteiger partial charge in [0.15, 0.2) is 11.5 Å². The summed E-state index contributed by atoms with van der Waals surface area (Å²) in [7, 11) is 0. The lowest BCUT2D eigenvalue weighted by atomic mass is 10.1. The zero-order valence-electron chi connectivity index (χ0n) is 16.8. The SMILES string of the molecule is Cc1nc2cc(O)c(-c3ccc4cc(N5CC[C@H](NC6CC6)C5)ncc4n3)cc2o1. The number of oxazole rings is 1. The molecule has 0 unspecified atom stereocenters. The fourth-order valence-corrected chi connectivity index (χ4v) is 4.31. The molecule has 4 aromatic rings. The molecule has 0 amide bonds. The highest BCUT2D eigenvalue weighted by Gasteiger charge is 2.29. The third kappa shape index (κ3) is 3.15. The highest BCUT2D eigenvalue weighted by molar-refractivity contribution is 5.87. The first-order valence-electron chi connectivity index (χ1n) is 10.5. The molecule has 1 aliphatic heterocycles. The van der Waals surface area contributed by atoms with Crippen molar-refractivity contribution in [1.29, 1.82) is 0 Å². The van der Waals surface area contributed by atoms with E-state index in [4.69, 9.17) is 9.40 Å². The number of fused-ring (bicyclic) bond motifs is 2. The number of benzene rings is 1. The minimum atomic E-state index is 0.138. The summed E-state index contributed by atoms with van der Waals surface area (Å²) in [5.41, 5.74) is 3.38. The van der Waals surface area contributed by atoms with Crippen molar-refractivity contribution in [3.8, 4) is 17.0 Å². The van der Waals surface area contributed by atoms with E-state index in [0.29, 0.717) is 34.3 Å². The van der Waals surface area contributed by atoms with Crippen LogP contribution in [-0.4, -0.2) is 45.2 Å². The van der Waals surface area contributed by atoms with Gasteiger partial charge in [0.05, 0.1) is 17.4 Å². The number of hydrogen-bond donors (Lipinski definition) is 2. The van der Waals surface area contributed by atoms with Crippen LogP contribution >= 0.6 is 0 Å². The molecule has 3 aromatic heterocycles. The average Bonchev–Trinajstić information content (AvgIpc) is 3.30. The molecular weight excluding hydrogens is 378 g/mol. The van der Waals surface area contributed by atoms with Crippen LogP contribution in [0.25, 0.3) is 33.3 Å². The van der Waals surface area contributed by atoms with E-state index in [0.717, 1.165) is 42.3 Å². The number of anilines is 1. The Morgan fingerprint density at radius 3 is 2.83 bits per heavy atom. The predicted molar refractivity (Wildman–Crippen MR) is 116 cm³/mol. The highest BCUT2D eigenvalue weighted by atomic mass is 16.3. The summed E-state index contributed by atoms with van der Waals surface area (Å²) in [6.45, 7) is 3.82. The monoisotopic (exact) mass is 401 g/mol. The summed E-state index contributed by atoms with van der Waals surface area (Å²) in [4.78, 5) is 16.0. The fraction of sp³-hybridized carbons (Fsp3) is 0.348. The van der Waals surface area contributed by atoms with Crippen molar-refractivity contribution in [2.45, 2.75) is 38.3 Å². The minimum Gasteiger partial charge on any atom is -0.507 e. The molecule has 1 aliphatic carbocycles. The van der Waals surface area contributed by atoms with Gasteiger partial charge in [-0.2, -0.15) is 0 Å². The van der Waals surface area contributed by atoms with Gasteiger partial charge in [0.25, 0.3) is 0 Å². The largest absolute Gasteiger partial charge is 0.507 e. The molecule has 1 saturated heterocycles. The van der Waals surface area contributed by atoms with Crippen LogP contribution in [0.1, 0.15) is 25.2 Å². The molecule has 1 aromatic carbocycles. The fourth-order valence-electron chi connectivity index (χ4n) is 4.31. The molecule has 0 spiro atoms. The summed E-state index contributed by atoms with van der Waals surface area (Å²) in [6, 6.07) is 10.8. The summed E-state index contributed by atoms with van der Waals surface area (Å²) in [5.74, 6) is 1.71. The molecule has 6 rings (SSSR count). The Kier molecular flexibility index (Phi) is 3.92. The van der Waals surface area contributed by atoms with Gasteiger partial charge in [-0.3, -0.25) is 0 Å². The van der Waals surface area contributed by atoms with Crippen molar-refractivity contribution >= 4 is 27.8 Å². The van der Waals surface area contributed by atoms with E-state index in [9.17, 15) is 5.11 Å². The molecule has 30 heavy (non-hydrogen) atoms. The van der Waals surface area contributed by atoms with Gasteiger partial charge in [0.1, 0.15) is 17.1 Å². The Balaban J connectivity index is 1.30. The summed E-state index contributed by atoms with van der Waals surface area (Å²) in [5, 5.41) is 15.2. The lowest BCUT2D eigenvalue weighted by molar-refractivity contribution is 0.477. The van der Waals surface area contributed by atoms with E-state index in [1.54, 1.807) is 19.1 Å². The van der Waals surface area contributed by atoms with Crippen molar-refractivity contribution in [2.24, 2.45) is 0 Å². The standard InChI is InChI=1S/C23H23N5O2/c1-13-25-19-10-21(29)17(9-22(19)30-13)18-5-2-14-8-23(24-11-20(14)27-18)28-7-6-16(12-28)26-15-3-4-15/h2,5,8-11,15-16,26,29H,3-4,6-7,12H2,1H3/t16-/m0/s1. The molecule has 2 aliphatic rings. The molecule has 2 N–H and O–H groups in total. The number of nitrogens with zero attached hydrogens (tertiary/aromatic N) is 4. The van der Waals surface area contributed by atoms with Crippen molar-refractivity contribution in [2.75, 3.05) is 18.0 Å². The Morgan fingerprint density at radius 2 is 1.97 bits per heavy atom. The Morgan fingerprint density at radius 1 is 1.07 bits per heavy atom. The second-order valence-electron chi connectivity index (χ2n) is 8.37. The molecule has 1 atom stereocenters. The Labute approximate surface area is 173 Å². The third-order valence-corrected chi connectivity index (χ3v) is 6.01. The second-order valence-corrected chi connectivity index (χ2v) is 8.37. The van der Waals surface area contributed by atoms with Crippen LogP contribution < -0.4 is 10.2 Å². The zero-order valence-corrected chi connectivity index (χ0v) is 16.8. The normalized spacial score (nSPS) is 19.2. The van der Waals surface area contributed by atoms with Crippen molar-refractivity contribution in [1.82, 2.24) is 20.3 Å². The average molecular weight is 401 g/mol. The molecular formula is C23H23N5O2. The van der Waals surface area contributed by atoms with Crippen LogP contribution in [0.15, 0.2) is 40.9 Å². The number of aryl methyl sites for hydroxylation is 1. The molecule has 152 valence electrons. The maximum Gasteiger partial charge on any atom is 0.192 e. The number of phenols is 1. The van der Waals surface area contributed by atoms with Crippen LogP contribution in [0.2, 0.25) is 0 Å². The second kappa shape index (κ2) is 6.67. The lowest BCUT2D eigenvalue weighted by Crippen LogP contribution is -2.34. The number of phenolic OH excluding ortho intramolecular Hbond substituents is 1. The number of pyridine rings is 2. The molecule has 1 saturated carbocycles. The van der Waals surface area contributed by atoms with Gasteiger partial charge in [-0.1, -0.05) is 6.07 Å². The van der Waals surface area contributed by atoms with Crippen LogP contribution in [-0.2, 0) is 0 Å². The van der Waals surface area contributed by atoms with Gasteiger partial charge in [0.2, 0.25) is 0 Å². The number of aromatic hydroxyl groups is 1. The lowest BCUT2D eigenvalue weighted by Gasteiger charge is -2.18. The summed E-state index contributed by atoms with van der Waals surface area (Å²) < 4.78 is 5.61. The first-order chi connectivity index (χ1) is 14.6. The number of aromatic nitrogens is 3. The summed E-state index contributed by atoms with van der Waals surface area (Å²) >= 11 is 0. The maximum absolute atomic E-state index is 10.5. The van der Waals surface area contributed by atoms with Crippen LogP contribution in [0.5, 0.6) is 5.75 Å². The van der Waals surface area contributed by atoms with Crippen LogP contribution in [0, 0.1) is 6.92 Å². The van der Waals surface area contributed by atoms with E-state index >= 15 is 0 Å². The van der Waals surface area contributed by atoms with Crippen molar-refractivity contribution in [3.05, 3.63) is 42.4 Å². The molecule has 0 bridgehead atoms. The zero-order chi connectivity index (χ0) is 20.2. The number of rotatable bonds is 4. The van der Waals surface area contributed by atoms with E-state index < -0.39 is 0 Å². The maximum atomic E-state index is 10.5. The topological polar surface area (TPSA) is 87.3 Å². The van der Waals surface area contributed by atoms with Crippen molar-refractivity contribution < 1.29 is 9.52 Å². The van der Waals surface area contributed by atoms with Gasteiger partial charge in [-0.15, -0.1) is 0 Å². The van der Waals surface area contributed by atoms with Gasteiger partial charge < -0.3 is 19.7 Å².